The number of hydrogen-bond acceptors (Lipinski definition) is 3. The number of phenolic OH excluding ortho intramolecular Hbond substituents is 1. The molecule has 1 aliphatic rings. The largest absolute Gasteiger partial charge is 0.508 e. The highest BCUT2D eigenvalue weighted by atomic mass is 16.3. The number of aliphatic hydroxyl groups excluding tert-OH is 1. The zero-order chi connectivity index (χ0) is 12.3. The minimum atomic E-state index is -0.0404. The Morgan fingerprint density at radius 1 is 1.47 bits per heavy atom. The van der Waals surface area contributed by atoms with Crippen LogP contribution >= 0.6 is 0 Å². The number of amides is 1. The zero-order valence-electron chi connectivity index (χ0n) is 9.67. The number of hydrogen-bond donors (Lipinski definition) is 2. The number of benzene rings is 1. The fourth-order valence-corrected chi connectivity index (χ4v) is 2.26. The molecule has 1 aliphatic heterocycles. The van der Waals surface area contributed by atoms with E-state index in [4.69, 9.17) is 5.11 Å². The Morgan fingerprint density at radius 3 is 3.00 bits per heavy atom. The van der Waals surface area contributed by atoms with Gasteiger partial charge in [-0.05, 0) is 37.0 Å². The molecule has 92 valence electrons. The maximum atomic E-state index is 12.1. The molecular weight excluding hydrogens is 218 g/mol. The molecule has 4 nitrogen and oxygen atoms in total. The summed E-state index contributed by atoms with van der Waals surface area (Å²) < 4.78 is 0. The number of aromatic hydroxyl groups is 1. The summed E-state index contributed by atoms with van der Waals surface area (Å²) in [5, 5.41) is 18.2. The summed E-state index contributed by atoms with van der Waals surface area (Å²) in [5.74, 6) is 0.476. The Labute approximate surface area is 100 Å². The minimum absolute atomic E-state index is 0.0404. The number of aliphatic hydroxyl groups is 1. The van der Waals surface area contributed by atoms with Crippen LogP contribution in [0.1, 0.15) is 23.2 Å². The van der Waals surface area contributed by atoms with Crippen molar-refractivity contribution in [3.05, 3.63) is 29.8 Å². The number of phenols is 1. The van der Waals surface area contributed by atoms with Crippen LogP contribution in [0.25, 0.3) is 0 Å². The van der Waals surface area contributed by atoms with Crippen molar-refractivity contribution in [2.24, 2.45) is 5.92 Å². The molecule has 17 heavy (non-hydrogen) atoms. The van der Waals surface area contributed by atoms with Gasteiger partial charge in [0, 0.05) is 25.3 Å². The summed E-state index contributed by atoms with van der Waals surface area (Å²) in [7, 11) is 0. The Bertz CT molecular complexity index is 405. The molecule has 1 atom stereocenters. The van der Waals surface area contributed by atoms with Crippen molar-refractivity contribution in [3.63, 3.8) is 0 Å². The second kappa shape index (κ2) is 5.19. The lowest BCUT2D eigenvalue weighted by molar-refractivity contribution is 0.0784. The van der Waals surface area contributed by atoms with Gasteiger partial charge in [0.2, 0.25) is 0 Å². The minimum Gasteiger partial charge on any atom is -0.508 e. The lowest BCUT2D eigenvalue weighted by Crippen LogP contribution is -2.28. The molecule has 1 amide bonds. The molecule has 2 N–H and O–H groups in total. The van der Waals surface area contributed by atoms with E-state index in [1.807, 2.05) is 0 Å². The van der Waals surface area contributed by atoms with Crippen LogP contribution < -0.4 is 0 Å². The monoisotopic (exact) mass is 235 g/mol. The number of likely N-dealkylation sites (tertiary alicyclic amines) is 1. The van der Waals surface area contributed by atoms with Gasteiger partial charge in [0.15, 0.2) is 0 Å². The quantitative estimate of drug-likeness (QED) is 0.828. The van der Waals surface area contributed by atoms with Gasteiger partial charge in [-0.2, -0.15) is 0 Å². The average molecular weight is 235 g/mol. The molecule has 0 spiro atoms. The van der Waals surface area contributed by atoms with Crippen LogP contribution in [-0.2, 0) is 0 Å². The second-order valence-corrected chi connectivity index (χ2v) is 4.47. The van der Waals surface area contributed by atoms with Gasteiger partial charge < -0.3 is 15.1 Å². The highest BCUT2D eigenvalue weighted by Gasteiger charge is 2.26. The Kier molecular flexibility index (Phi) is 3.64. The third-order valence-corrected chi connectivity index (χ3v) is 3.20. The van der Waals surface area contributed by atoms with Gasteiger partial charge in [-0.15, -0.1) is 0 Å². The summed E-state index contributed by atoms with van der Waals surface area (Å²) >= 11 is 0. The molecule has 1 aromatic rings. The van der Waals surface area contributed by atoms with Crippen molar-refractivity contribution in [2.75, 3.05) is 19.7 Å². The standard InChI is InChI=1S/C13H17NO3/c15-7-5-10-4-6-14(9-10)13(17)11-2-1-3-12(16)8-11/h1-3,8,10,15-16H,4-7,9H2. The van der Waals surface area contributed by atoms with Gasteiger partial charge in [0.05, 0.1) is 0 Å². The molecule has 0 saturated carbocycles. The fraction of sp³-hybridized carbons (Fsp3) is 0.462. The lowest BCUT2D eigenvalue weighted by atomic mass is 10.1. The van der Waals surface area contributed by atoms with E-state index in [2.05, 4.69) is 0 Å². The van der Waals surface area contributed by atoms with Crippen molar-refractivity contribution >= 4 is 5.91 Å². The number of carbonyl (C=O) groups is 1. The first-order valence-electron chi connectivity index (χ1n) is 5.90. The number of rotatable bonds is 3. The van der Waals surface area contributed by atoms with Gasteiger partial charge in [-0.3, -0.25) is 4.79 Å². The van der Waals surface area contributed by atoms with E-state index >= 15 is 0 Å². The first-order chi connectivity index (χ1) is 8.20. The predicted molar refractivity (Wildman–Crippen MR) is 63.8 cm³/mol. The third-order valence-electron chi connectivity index (χ3n) is 3.20. The molecule has 4 heteroatoms. The van der Waals surface area contributed by atoms with Gasteiger partial charge in [0.25, 0.3) is 5.91 Å². The van der Waals surface area contributed by atoms with Crippen LogP contribution in [0.5, 0.6) is 5.75 Å². The van der Waals surface area contributed by atoms with Gasteiger partial charge in [-0.25, -0.2) is 0 Å². The Hall–Kier alpha value is -1.55. The number of nitrogens with zero attached hydrogens (tertiary/aromatic N) is 1. The zero-order valence-corrected chi connectivity index (χ0v) is 9.67. The van der Waals surface area contributed by atoms with E-state index in [-0.39, 0.29) is 18.3 Å². The molecule has 0 aliphatic carbocycles. The van der Waals surface area contributed by atoms with Crippen molar-refractivity contribution < 1.29 is 15.0 Å². The molecule has 1 unspecified atom stereocenters. The maximum Gasteiger partial charge on any atom is 0.253 e. The molecule has 1 heterocycles. The van der Waals surface area contributed by atoms with Crippen molar-refractivity contribution in [3.8, 4) is 5.75 Å². The van der Waals surface area contributed by atoms with Crippen molar-refractivity contribution in [1.29, 1.82) is 0 Å². The fourth-order valence-electron chi connectivity index (χ4n) is 2.26. The molecule has 1 saturated heterocycles. The first-order valence-corrected chi connectivity index (χ1v) is 5.90. The molecule has 1 fully saturated rings. The van der Waals surface area contributed by atoms with E-state index < -0.39 is 0 Å². The molecule has 2 rings (SSSR count). The van der Waals surface area contributed by atoms with Crippen LogP contribution in [0.15, 0.2) is 24.3 Å². The van der Waals surface area contributed by atoms with Crippen LogP contribution in [0.2, 0.25) is 0 Å². The molecule has 0 aromatic heterocycles. The van der Waals surface area contributed by atoms with E-state index in [9.17, 15) is 9.90 Å². The molecule has 0 bridgehead atoms. The van der Waals surface area contributed by atoms with Crippen molar-refractivity contribution in [2.45, 2.75) is 12.8 Å². The van der Waals surface area contributed by atoms with E-state index in [0.717, 1.165) is 19.4 Å². The molecule has 1 aromatic carbocycles. The summed E-state index contributed by atoms with van der Waals surface area (Å²) in [6.07, 6.45) is 1.70. The van der Waals surface area contributed by atoms with Crippen LogP contribution in [0, 0.1) is 5.92 Å². The number of carbonyl (C=O) groups excluding carboxylic acids is 1. The van der Waals surface area contributed by atoms with Crippen molar-refractivity contribution in [1.82, 2.24) is 4.90 Å². The highest BCUT2D eigenvalue weighted by molar-refractivity contribution is 5.94. The maximum absolute atomic E-state index is 12.1. The average Bonchev–Trinajstić information content (AvgIpc) is 2.77. The van der Waals surface area contributed by atoms with Crippen LogP contribution in [0.3, 0.4) is 0 Å². The van der Waals surface area contributed by atoms with E-state index in [1.165, 1.54) is 6.07 Å². The Morgan fingerprint density at radius 2 is 2.29 bits per heavy atom. The molecule has 0 radical (unpaired) electrons. The summed E-state index contributed by atoms with van der Waals surface area (Å²) in [6, 6.07) is 6.42. The van der Waals surface area contributed by atoms with Crippen LogP contribution in [0.4, 0.5) is 0 Å². The SMILES string of the molecule is O=C(c1cccc(O)c1)N1CCC(CCO)C1. The summed E-state index contributed by atoms with van der Waals surface area (Å²) in [4.78, 5) is 13.9. The van der Waals surface area contributed by atoms with E-state index in [1.54, 1.807) is 23.1 Å². The summed E-state index contributed by atoms with van der Waals surface area (Å²) in [6.45, 7) is 1.62. The predicted octanol–water partition coefficient (Wildman–Crippen LogP) is 1.24. The van der Waals surface area contributed by atoms with Gasteiger partial charge >= 0.3 is 0 Å². The third kappa shape index (κ3) is 2.77. The van der Waals surface area contributed by atoms with E-state index in [0.29, 0.717) is 18.0 Å². The van der Waals surface area contributed by atoms with Gasteiger partial charge in [-0.1, -0.05) is 6.07 Å². The van der Waals surface area contributed by atoms with Gasteiger partial charge in [0.1, 0.15) is 5.75 Å². The first kappa shape index (κ1) is 11.9. The summed E-state index contributed by atoms with van der Waals surface area (Å²) in [5.41, 5.74) is 0.523. The van der Waals surface area contributed by atoms with Crippen LogP contribution in [-0.4, -0.2) is 40.7 Å². The second-order valence-electron chi connectivity index (χ2n) is 4.47. The Balaban J connectivity index is 2.02. The lowest BCUT2D eigenvalue weighted by Gasteiger charge is -2.16. The topological polar surface area (TPSA) is 60.8 Å². The smallest absolute Gasteiger partial charge is 0.253 e. The highest BCUT2D eigenvalue weighted by Crippen LogP contribution is 2.22. The molecular formula is C13H17NO3. The normalized spacial score (nSPS) is 19.6.